The number of thioether (sulfide) groups is 1. The van der Waals surface area contributed by atoms with Crippen molar-refractivity contribution in [1.29, 1.82) is 0 Å². The van der Waals surface area contributed by atoms with Gasteiger partial charge in [0.25, 0.3) is 0 Å². The number of hydrogen-bond donors (Lipinski definition) is 1. The molecular weight excluding hydrogens is 284 g/mol. The summed E-state index contributed by atoms with van der Waals surface area (Å²) in [6.45, 7) is 0. The SMILES string of the molecule is O=C(O)CSc1nc2ccccc2n1C1CCCCCC1. The number of aromatic nitrogens is 2. The lowest BCUT2D eigenvalue weighted by molar-refractivity contribution is -0.133. The van der Waals surface area contributed by atoms with E-state index in [0.717, 1.165) is 16.2 Å². The summed E-state index contributed by atoms with van der Waals surface area (Å²) in [6.07, 6.45) is 7.45. The number of fused-ring (bicyclic) bond motifs is 1. The van der Waals surface area contributed by atoms with E-state index in [1.807, 2.05) is 18.2 Å². The van der Waals surface area contributed by atoms with Gasteiger partial charge in [-0.15, -0.1) is 0 Å². The molecule has 1 aromatic heterocycles. The van der Waals surface area contributed by atoms with Gasteiger partial charge in [-0.05, 0) is 25.0 Å². The van der Waals surface area contributed by atoms with E-state index in [9.17, 15) is 4.79 Å². The molecule has 0 amide bonds. The lowest BCUT2D eigenvalue weighted by Gasteiger charge is -2.19. The first kappa shape index (κ1) is 14.4. The Balaban J connectivity index is 1.99. The van der Waals surface area contributed by atoms with Crippen molar-refractivity contribution in [2.24, 2.45) is 0 Å². The van der Waals surface area contributed by atoms with E-state index in [1.54, 1.807) is 0 Å². The maximum absolute atomic E-state index is 10.9. The lowest BCUT2D eigenvalue weighted by atomic mass is 10.1. The summed E-state index contributed by atoms with van der Waals surface area (Å²) in [4.78, 5) is 15.5. The quantitative estimate of drug-likeness (QED) is 0.682. The fourth-order valence-electron chi connectivity index (χ4n) is 3.12. The van der Waals surface area contributed by atoms with Crippen LogP contribution in [0.4, 0.5) is 0 Å². The number of carboxylic acids is 1. The number of rotatable bonds is 4. The van der Waals surface area contributed by atoms with Crippen molar-refractivity contribution in [2.75, 3.05) is 5.75 Å². The maximum Gasteiger partial charge on any atom is 0.313 e. The Morgan fingerprint density at radius 1 is 1.24 bits per heavy atom. The third-order valence-electron chi connectivity index (χ3n) is 4.08. The Morgan fingerprint density at radius 2 is 1.95 bits per heavy atom. The second-order valence-electron chi connectivity index (χ2n) is 5.58. The molecule has 2 aromatic rings. The molecule has 1 heterocycles. The summed E-state index contributed by atoms with van der Waals surface area (Å²) in [6, 6.07) is 8.57. The van der Waals surface area contributed by atoms with Gasteiger partial charge in [-0.3, -0.25) is 4.79 Å². The number of benzene rings is 1. The molecule has 4 nitrogen and oxygen atoms in total. The van der Waals surface area contributed by atoms with Crippen molar-refractivity contribution < 1.29 is 9.90 Å². The standard InChI is InChI=1S/C16H20N2O2S/c19-15(20)11-21-16-17-13-9-5-6-10-14(13)18(16)12-7-3-1-2-4-8-12/h5-6,9-10,12H,1-4,7-8,11H2,(H,19,20). The highest BCUT2D eigenvalue weighted by Gasteiger charge is 2.21. The molecule has 1 aliphatic rings. The molecule has 3 rings (SSSR count). The van der Waals surface area contributed by atoms with Gasteiger partial charge in [0.05, 0.1) is 16.8 Å². The molecule has 1 aromatic carbocycles. The number of carbonyl (C=O) groups is 1. The number of aliphatic carboxylic acids is 1. The summed E-state index contributed by atoms with van der Waals surface area (Å²) in [5, 5.41) is 9.79. The van der Waals surface area contributed by atoms with Crippen LogP contribution in [0.25, 0.3) is 11.0 Å². The van der Waals surface area contributed by atoms with Crippen LogP contribution in [0.5, 0.6) is 0 Å². The lowest BCUT2D eigenvalue weighted by Crippen LogP contribution is -2.10. The summed E-state index contributed by atoms with van der Waals surface area (Å²) in [7, 11) is 0. The highest BCUT2D eigenvalue weighted by molar-refractivity contribution is 7.99. The minimum Gasteiger partial charge on any atom is -0.481 e. The zero-order chi connectivity index (χ0) is 14.7. The molecule has 5 heteroatoms. The van der Waals surface area contributed by atoms with E-state index in [-0.39, 0.29) is 5.75 Å². The first-order valence-electron chi connectivity index (χ1n) is 7.57. The third-order valence-corrected chi connectivity index (χ3v) is 5.02. The maximum atomic E-state index is 10.9. The summed E-state index contributed by atoms with van der Waals surface area (Å²) >= 11 is 1.33. The molecular formula is C16H20N2O2S. The van der Waals surface area contributed by atoms with Crippen LogP contribution < -0.4 is 0 Å². The van der Waals surface area contributed by atoms with Crippen LogP contribution in [0.1, 0.15) is 44.6 Å². The number of hydrogen-bond acceptors (Lipinski definition) is 3. The smallest absolute Gasteiger partial charge is 0.313 e. The van der Waals surface area contributed by atoms with Crippen LogP contribution in [0, 0.1) is 0 Å². The molecule has 1 fully saturated rings. The van der Waals surface area contributed by atoms with E-state index in [0.29, 0.717) is 6.04 Å². The zero-order valence-electron chi connectivity index (χ0n) is 12.0. The highest BCUT2D eigenvalue weighted by atomic mass is 32.2. The fraction of sp³-hybridized carbons (Fsp3) is 0.500. The van der Waals surface area contributed by atoms with Crippen LogP contribution >= 0.6 is 11.8 Å². The number of nitrogens with zero attached hydrogens (tertiary/aromatic N) is 2. The molecule has 0 aliphatic heterocycles. The first-order chi connectivity index (χ1) is 10.3. The summed E-state index contributed by atoms with van der Waals surface area (Å²) in [5.41, 5.74) is 2.10. The molecule has 21 heavy (non-hydrogen) atoms. The van der Waals surface area contributed by atoms with Crippen LogP contribution in [-0.4, -0.2) is 26.4 Å². The number of carboxylic acid groups (broad SMARTS) is 1. The van der Waals surface area contributed by atoms with Gasteiger partial charge in [0, 0.05) is 6.04 Å². The van der Waals surface area contributed by atoms with Gasteiger partial charge >= 0.3 is 5.97 Å². The fourth-order valence-corrected chi connectivity index (χ4v) is 3.92. The molecule has 1 N–H and O–H groups in total. The Hall–Kier alpha value is -1.49. The minimum atomic E-state index is -0.792. The zero-order valence-corrected chi connectivity index (χ0v) is 12.8. The van der Waals surface area contributed by atoms with Crippen LogP contribution in [0.3, 0.4) is 0 Å². The highest BCUT2D eigenvalue weighted by Crippen LogP contribution is 2.34. The van der Waals surface area contributed by atoms with Crippen molar-refractivity contribution in [1.82, 2.24) is 9.55 Å². The minimum absolute atomic E-state index is 0.0655. The Kier molecular flexibility index (Phi) is 4.48. The Morgan fingerprint density at radius 3 is 2.67 bits per heavy atom. The van der Waals surface area contributed by atoms with Gasteiger partial charge in [0.2, 0.25) is 0 Å². The average Bonchev–Trinajstić information content (AvgIpc) is 2.65. The third kappa shape index (κ3) is 3.23. The van der Waals surface area contributed by atoms with Crippen molar-refractivity contribution in [3.63, 3.8) is 0 Å². The monoisotopic (exact) mass is 304 g/mol. The normalized spacial score (nSPS) is 17.0. The van der Waals surface area contributed by atoms with Crippen molar-refractivity contribution >= 4 is 28.8 Å². The van der Waals surface area contributed by atoms with E-state index in [4.69, 9.17) is 5.11 Å². The first-order valence-corrected chi connectivity index (χ1v) is 8.56. The van der Waals surface area contributed by atoms with Crippen LogP contribution in [0.2, 0.25) is 0 Å². The molecule has 0 saturated heterocycles. The van der Waals surface area contributed by atoms with Gasteiger partial charge in [-0.2, -0.15) is 0 Å². The summed E-state index contributed by atoms with van der Waals surface area (Å²) < 4.78 is 2.29. The molecule has 0 spiro atoms. The second-order valence-corrected chi connectivity index (χ2v) is 6.52. The van der Waals surface area contributed by atoms with Gasteiger partial charge in [0.15, 0.2) is 5.16 Å². The van der Waals surface area contributed by atoms with Crippen LogP contribution in [-0.2, 0) is 4.79 Å². The molecule has 112 valence electrons. The average molecular weight is 304 g/mol. The van der Waals surface area contributed by atoms with Gasteiger partial charge in [-0.25, -0.2) is 4.98 Å². The van der Waals surface area contributed by atoms with Gasteiger partial charge in [-0.1, -0.05) is 49.6 Å². The number of para-hydroxylation sites is 2. The predicted octanol–water partition coefficient (Wildman–Crippen LogP) is 4.11. The van der Waals surface area contributed by atoms with Crippen molar-refractivity contribution in [3.05, 3.63) is 24.3 Å². The second kappa shape index (κ2) is 6.52. The molecule has 1 saturated carbocycles. The molecule has 0 radical (unpaired) electrons. The largest absolute Gasteiger partial charge is 0.481 e. The van der Waals surface area contributed by atoms with E-state index >= 15 is 0 Å². The Labute approximate surface area is 128 Å². The van der Waals surface area contributed by atoms with Crippen LogP contribution in [0.15, 0.2) is 29.4 Å². The topological polar surface area (TPSA) is 55.1 Å². The number of imidazole rings is 1. The molecule has 1 aliphatic carbocycles. The van der Waals surface area contributed by atoms with E-state index in [2.05, 4.69) is 15.6 Å². The van der Waals surface area contributed by atoms with Gasteiger partial charge < -0.3 is 9.67 Å². The molecule has 0 unspecified atom stereocenters. The van der Waals surface area contributed by atoms with Crippen molar-refractivity contribution in [2.45, 2.75) is 49.7 Å². The van der Waals surface area contributed by atoms with E-state index in [1.165, 1.54) is 50.3 Å². The summed E-state index contributed by atoms with van der Waals surface area (Å²) in [5.74, 6) is -0.727. The Bertz CT molecular complexity index is 630. The van der Waals surface area contributed by atoms with Crippen molar-refractivity contribution in [3.8, 4) is 0 Å². The van der Waals surface area contributed by atoms with Gasteiger partial charge in [0.1, 0.15) is 0 Å². The molecule has 0 atom stereocenters. The van der Waals surface area contributed by atoms with E-state index < -0.39 is 5.97 Å². The predicted molar refractivity (Wildman–Crippen MR) is 84.8 cm³/mol. The molecule has 0 bridgehead atoms.